The van der Waals surface area contributed by atoms with E-state index in [2.05, 4.69) is 34.4 Å². The Morgan fingerprint density at radius 2 is 2.05 bits per heavy atom. The van der Waals surface area contributed by atoms with E-state index in [1.807, 2.05) is 18.2 Å². The normalized spacial score (nSPS) is 12.0. The monoisotopic (exact) mass is 338 g/mol. The zero-order valence-electron chi connectivity index (χ0n) is 12.7. The summed E-state index contributed by atoms with van der Waals surface area (Å²) in [7, 11) is 0. The molecule has 0 fully saturated rings. The van der Waals surface area contributed by atoms with Crippen LogP contribution in [-0.4, -0.2) is 22.6 Å². The highest BCUT2D eigenvalue weighted by Crippen LogP contribution is 2.21. The first kappa shape index (κ1) is 16.8. The molecule has 2 N–H and O–H groups in total. The van der Waals surface area contributed by atoms with Gasteiger partial charge in [-0.15, -0.1) is 0 Å². The third-order valence-corrected chi connectivity index (χ3v) is 3.95. The van der Waals surface area contributed by atoms with Crippen LogP contribution in [0, 0.1) is 0 Å². The van der Waals surface area contributed by atoms with Crippen LogP contribution < -0.4 is 10.6 Å². The van der Waals surface area contributed by atoms with Crippen LogP contribution in [0.5, 0.6) is 0 Å². The molecule has 1 aromatic heterocycles. The molecule has 1 aromatic carbocycles. The summed E-state index contributed by atoms with van der Waals surface area (Å²) in [5.74, 6) is 1.44. The van der Waals surface area contributed by atoms with Gasteiger partial charge in [-0.05, 0) is 43.5 Å². The lowest BCUT2D eigenvalue weighted by Gasteiger charge is -2.12. The molecule has 0 aliphatic heterocycles. The van der Waals surface area contributed by atoms with Crippen molar-refractivity contribution in [2.24, 2.45) is 0 Å². The van der Waals surface area contributed by atoms with Crippen LogP contribution >= 0.6 is 23.2 Å². The molecule has 22 heavy (non-hydrogen) atoms. The van der Waals surface area contributed by atoms with Gasteiger partial charge in [0.2, 0.25) is 5.95 Å². The molecular weight excluding hydrogens is 319 g/mol. The van der Waals surface area contributed by atoms with Gasteiger partial charge in [0, 0.05) is 28.8 Å². The van der Waals surface area contributed by atoms with Gasteiger partial charge in [0.25, 0.3) is 0 Å². The van der Waals surface area contributed by atoms with Crippen LogP contribution in [0.15, 0.2) is 30.5 Å². The number of nitrogens with zero attached hydrogens (tertiary/aromatic N) is 2. The molecule has 1 unspecified atom stereocenters. The molecule has 118 valence electrons. The number of halogens is 2. The maximum atomic E-state index is 6.16. The quantitative estimate of drug-likeness (QED) is 0.771. The van der Waals surface area contributed by atoms with Crippen molar-refractivity contribution in [2.45, 2.75) is 32.7 Å². The molecule has 0 saturated heterocycles. The van der Waals surface area contributed by atoms with Crippen molar-refractivity contribution >= 4 is 35.0 Å². The Kier molecular flexibility index (Phi) is 6.28. The Morgan fingerprint density at radius 1 is 1.23 bits per heavy atom. The van der Waals surface area contributed by atoms with E-state index in [0.717, 1.165) is 30.8 Å². The van der Waals surface area contributed by atoms with E-state index < -0.39 is 0 Å². The van der Waals surface area contributed by atoms with Gasteiger partial charge in [-0.25, -0.2) is 4.98 Å². The molecule has 4 nitrogen and oxygen atoms in total. The Balaban J connectivity index is 1.90. The van der Waals surface area contributed by atoms with Gasteiger partial charge in [-0.2, -0.15) is 4.98 Å². The van der Waals surface area contributed by atoms with Crippen LogP contribution in [-0.2, 0) is 6.42 Å². The molecule has 2 aromatic rings. The lowest BCUT2D eigenvalue weighted by atomic mass is 10.1. The van der Waals surface area contributed by atoms with E-state index in [1.54, 1.807) is 12.3 Å². The summed E-state index contributed by atoms with van der Waals surface area (Å²) in [5, 5.41) is 7.88. The summed E-state index contributed by atoms with van der Waals surface area (Å²) < 4.78 is 0. The van der Waals surface area contributed by atoms with Gasteiger partial charge in [-0.3, -0.25) is 0 Å². The van der Waals surface area contributed by atoms with E-state index in [0.29, 0.717) is 22.0 Å². The largest absolute Gasteiger partial charge is 0.370 e. The second kappa shape index (κ2) is 8.20. The summed E-state index contributed by atoms with van der Waals surface area (Å²) in [6.45, 7) is 4.96. The molecule has 0 saturated carbocycles. The highest BCUT2D eigenvalue weighted by Gasteiger charge is 2.04. The molecule has 0 bridgehead atoms. The maximum Gasteiger partial charge on any atom is 0.224 e. The minimum Gasteiger partial charge on any atom is -0.370 e. The number of hydrogen-bond donors (Lipinski definition) is 2. The molecule has 0 spiro atoms. The van der Waals surface area contributed by atoms with Gasteiger partial charge in [0.15, 0.2) is 0 Å². The first-order valence-electron chi connectivity index (χ1n) is 7.36. The van der Waals surface area contributed by atoms with Crippen LogP contribution in [0.1, 0.15) is 25.8 Å². The average Bonchev–Trinajstić information content (AvgIpc) is 2.50. The Morgan fingerprint density at radius 3 is 2.77 bits per heavy atom. The van der Waals surface area contributed by atoms with E-state index in [-0.39, 0.29) is 0 Å². The predicted molar refractivity (Wildman–Crippen MR) is 94.1 cm³/mol. The number of anilines is 2. The van der Waals surface area contributed by atoms with Crippen molar-refractivity contribution in [1.82, 2.24) is 9.97 Å². The van der Waals surface area contributed by atoms with Crippen molar-refractivity contribution in [3.63, 3.8) is 0 Å². The molecule has 0 radical (unpaired) electrons. The molecule has 1 atom stereocenters. The number of nitrogens with one attached hydrogen (secondary N) is 2. The van der Waals surface area contributed by atoms with Gasteiger partial charge in [0.1, 0.15) is 5.82 Å². The van der Waals surface area contributed by atoms with E-state index in [9.17, 15) is 0 Å². The van der Waals surface area contributed by atoms with Crippen molar-refractivity contribution in [3.8, 4) is 0 Å². The molecule has 0 aliphatic rings. The first-order chi connectivity index (χ1) is 10.6. The Bertz CT molecular complexity index is 619. The fourth-order valence-corrected chi connectivity index (χ4v) is 2.40. The number of rotatable bonds is 7. The molecule has 2 rings (SSSR count). The topological polar surface area (TPSA) is 49.8 Å². The van der Waals surface area contributed by atoms with Gasteiger partial charge in [0.05, 0.1) is 0 Å². The zero-order valence-corrected chi connectivity index (χ0v) is 14.2. The first-order valence-corrected chi connectivity index (χ1v) is 8.11. The van der Waals surface area contributed by atoms with Crippen molar-refractivity contribution in [3.05, 3.63) is 46.1 Å². The van der Waals surface area contributed by atoms with Gasteiger partial charge < -0.3 is 10.6 Å². The fourth-order valence-electron chi connectivity index (χ4n) is 1.90. The van der Waals surface area contributed by atoms with Crippen molar-refractivity contribution in [1.29, 1.82) is 0 Å². The van der Waals surface area contributed by atoms with Gasteiger partial charge >= 0.3 is 0 Å². The molecule has 6 heteroatoms. The summed E-state index contributed by atoms with van der Waals surface area (Å²) in [6, 6.07) is 7.76. The minimum absolute atomic E-state index is 0.350. The zero-order chi connectivity index (χ0) is 15.9. The second-order valence-electron chi connectivity index (χ2n) is 5.13. The molecule has 1 heterocycles. The van der Waals surface area contributed by atoms with Crippen LogP contribution in [0.3, 0.4) is 0 Å². The van der Waals surface area contributed by atoms with Crippen molar-refractivity contribution < 1.29 is 0 Å². The smallest absolute Gasteiger partial charge is 0.224 e. The van der Waals surface area contributed by atoms with Crippen LogP contribution in [0.4, 0.5) is 11.8 Å². The highest BCUT2D eigenvalue weighted by atomic mass is 35.5. The van der Waals surface area contributed by atoms with Crippen molar-refractivity contribution in [2.75, 3.05) is 17.2 Å². The Labute approximate surface area is 141 Å². The highest BCUT2D eigenvalue weighted by molar-refractivity contribution is 6.35. The van der Waals surface area contributed by atoms with Gasteiger partial charge in [-0.1, -0.05) is 36.2 Å². The number of aromatic nitrogens is 2. The summed E-state index contributed by atoms with van der Waals surface area (Å²) in [5.41, 5.74) is 1.06. The van der Waals surface area contributed by atoms with E-state index in [4.69, 9.17) is 23.2 Å². The summed E-state index contributed by atoms with van der Waals surface area (Å²) in [6.07, 6.45) is 3.57. The third kappa shape index (κ3) is 5.04. The van der Waals surface area contributed by atoms with E-state index >= 15 is 0 Å². The lowest BCUT2D eigenvalue weighted by molar-refractivity contribution is 0.753. The average molecular weight is 339 g/mol. The predicted octanol–water partition coefficient (Wildman–Crippen LogP) is 4.65. The summed E-state index contributed by atoms with van der Waals surface area (Å²) >= 11 is 12.1. The minimum atomic E-state index is 0.350. The molecular formula is C16H20Cl2N4. The molecule has 0 amide bonds. The second-order valence-corrected chi connectivity index (χ2v) is 5.98. The number of benzene rings is 1. The third-order valence-electron chi connectivity index (χ3n) is 3.36. The van der Waals surface area contributed by atoms with E-state index in [1.165, 1.54) is 0 Å². The fraction of sp³-hybridized carbons (Fsp3) is 0.375. The molecule has 0 aliphatic carbocycles. The maximum absolute atomic E-state index is 6.16. The van der Waals surface area contributed by atoms with Crippen LogP contribution in [0.2, 0.25) is 10.0 Å². The SMILES string of the molecule is CCC(C)Nc1nccc(NCCc2ccc(Cl)cc2Cl)n1. The Hall–Kier alpha value is -1.52. The lowest BCUT2D eigenvalue weighted by Crippen LogP contribution is -2.16. The summed E-state index contributed by atoms with van der Waals surface area (Å²) in [4.78, 5) is 8.66. The number of hydrogen-bond acceptors (Lipinski definition) is 4. The standard InChI is InChI=1S/C16H20Cl2N4/c1-3-11(2)21-16-20-9-7-15(22-16)19-8-6-12-4-5-13(17)10-14(12)18/h4-5,7,9-11H,3,6,8H2,1-2H3,(H2,19,20,21,22). The van der Waals surface area contributed by atoms with Crippen LogP contribution in [0.25, 0.3) is 0 Å².